The molecule has 0 N–H and O–H groups in total. The van der Waals surface area contributed by atoms with Gasteiger partial charge in [-0.15, -0.1) is 0 Å². The maximum absolute atomic E-state index is 13.3. The minimum absolute atomic E-state index is 0.0850. The number of methoxy groups -OCH3 is 1. The highest BCUT2D eigenvalue weighted by Crippen LogP contribution is 2.35. The summed E-state index contributed by atoms with van der Waals surface area (Å²) in [7, 11) is 1.61. The lowest BCUT2D eigenvalue weighted by molar-refractivity contribution is -0.0494. The van der Waals surface area contributed by atoms with E-state index in [1.807, 2.05) is 37.3 Å². The Labute approximate surface area is 168 Å². The SMILES string of the molecule is CCc1cc2cc(-c3ccc(C(=O)N4CCC(F)(F)CC4)cc3)cc(OC)c2o1. The molecule has 29 heavy (non-hydrogen) atoms. The minimum atomic E-state index is -2.66. The number of likely N-dealkylation sites (tertiary alicyclic amines) is 1. The van der Waals surface area contributed by atoms with Crippen LogP contribution in [0.1, 0.15) is 35.9 Å². The van der Waals surface area contributed by atoms with Crippen molar-refractivity contribution in [2.45, 2.75) is 32.1 Å². The number of amides is 1. The number of furan rings is 1. The molecule has 4 rings (SSSR count). The van der Waals surface area contributed by atoms with Crippen molar-refractivity contribution in [3.8, 4) is 16.9 Å². The van der Waals surface area contributed by atoms with Crippen LogP contribution in [0.25, 0.3) is 22.1 Å². The first-order valence-electron chi connectivity index (χ1n) is 9.78. The maximum atomic E-state index is 13.3. The Morgan fingerprint density at radius 2 is 1.79 bits per heavy atom. The lowest BCUT2D eigenvalue weighted by Gasteiger charge is -2.31. The van der Waals surface area contributed by atoms with Crippen LogP contribution in [-0.2, 0) is 6.42 Å². The summed E-state index contributed by atoms with van der Waals surface area (Å²) in [5, 5.41) is 0.964. The third kappa shape index (κ3) is 3.84. The standard InChI is InChI=1S/C23H23F2NO3/c1-3-19-13-18-12-17(14-20(28-2)21(18)29-19)15-4-6-16(7-5-15)22(27)26-10-8-23(24,25)9-11-26/h4-7,12-14H,3,8-11H2,1-2H3. The number of aryl methyl sites for hydroxylation is 1. The molecule has 0 spiro atoms. The van der Waals surface area contributed by atoms with Crippen molar-refractivity contribution in [1.82, 2.24) is 4.90 Å². The van der Waals surface area contributed by atoms with Gasteiger partial charge in [0.05, 0.1) is 7.11 Å². The Hall–Kier alpha value is -2.89. The van der Waals surface area contributed by atoms with Gasteiger partial charge < -0.3 is 14.1 Å². The molecule has 1 fully saturated rings. The smallest absolute Gasteiger partial charge is 0.253 e. The number of rotatable bonds is 4. The number of benzene rings is 2. The largest absolute Gasteiger partial charge is 0.493 e. The van der Waals surface area contributed by atoms with Gasteiger partial charge in [-0.25, -0.2) is 8.78 Å². The molecule has 1 aromatic heterocycles. The number of hydrogen-bond donors (Lipinski definition) is 0. The third-order valence-corrected chi connectivity index (χ3v) is 5.45. The number of ether oxygens (including phenoxy) is 1. The minimum Gasteiger partial charge on any atom is -0.493 e. The van der Waals surface area contributed by atoms with E-state index in [9.17, 15) is 13.6 Å². The number of hydrogen-bond acceptors (Lipinski definition) is 3. The summed E-state index contributed by atoms with van der Waals surface area (Å²) in [5.41, 5.74) is 3.12. The van der Waals surface area contributed by atoms with Crippen molar-refractivity contribution in [2.24, 2.45) is 0 Å². The summed E-state index contributed by atoms with van der Waals surface area (Å²) in [4.78, 5) is 14.1. The summed E-state index contributed by atoms with van der Waals surface area (Å²) in [6.45, 7) is 2.20. The molecule has 0 radical (unpaired) electrons. The third-order valence-electron chi connectivity index (χ3n) is 5.45. The fraction of sp³-hybridized carbons (Fsp3) is 0.348. The Morgan fingerprint density at radius 3 is 2.41 bits per heavy atom. The van der Waals surface area contributed by atoms with Crippen molar-refractivity contribution in [3.05, 3.63) is 53.8 Å². The highest BCUT2D eigenvalue weighted by molar-refractivity contribution is 5.95. The van der Waals surface area contributed by atoms with Crippen LogP contribution in [0.3, 0.4) is 0 Å². The molecule has 0 atom stereocenters. The zero-order valence-corrected chi connectivity index (χ0v) is 16.5. The second-order valence-electron chi connectivity index (χ2n) is 7.39. The molecule has 0 saturated carbocycles. The Balaban J connectivity index is 1.58. The van der Waals surface area contributed by atoms with Crippen LogP contribution in [0.4, 0.5) is 8.78 Å². The van der Waals surface area contributed by atoms with E-state index in [1.54, 1.807) is 19.2 Å². The van der Waals surface area contributed by atoms with E-state index >= 15 is 0 Å². The number of nitrogens with zero attached hydrogens (tertiary/aromatic N) is 1. The van der Waals surface area contributed by atoms with Crippen LogP contribution in [0.15, 0.2) is 46.9 Å². The van der Waals surface area contributed by atoms with Gasteiger partial charge in [-0.1, -0.05) is 19.1 Å². The Bertz CT molecular complexity index is 1030. The van der Waals surface area contributed by atoms with E-state index in [1.165, 1.54) is 4.90 Å². The van der Waals surface area contributed by atoms with Crippen molar-refractivity contribution in [2.75, 3.05) is 20.2 Å². The molecule has 0 bridgehead atoms. The molecule has 4 nitrogen and oxygen atoms in total. The molecule has 1 amide bonds. The Kier molecular flexibility index (Phi) is 5.03. The molecule has 1 aliphatic rings. The fourth-order valence-electron chi connectivity index (χ4n) is 3.69. The molecular weight excluding hydrogens is 376 g/mol. The molecule has 3 aromatic rings. The van der Waals surface area contributed by atoms with Crippen LogP contribution in [-0.4, -0.2) is 36.9 Å². The highest BCUT2D eigenvalue weighted by atomic mass is 19.3. The van der Waals surface area contributed by atoms with E-state index in [4.69, 9.17) is 9.15 Å². The first-order chi connectivity index (χ1) is 13.9. The molecule has 0 unspecified atom stereocenters. The van der Waals surface area contributed by atoms with Crippen LogP contribution < -0.4 is 4.74 Å². The van der Waals surface area contributed by atoms with Crippen molar-refractivity contribution in [1.29, 1.82) is 0 Å². The maximum Gasteiger partial charge on any atom is 0.253 e. The van der Waals surface area contributed by atoms with Crippen LogP contribution in [0.5, 0.6) is 5.75 Å². The second-order valence-corrected chi connectivity index (χ2v) is 7.39. The van der Waals surface area contributed by atoms with Gasteiger partial charge in [-0.3, -0.25) is 4.79 Å². The number of alkyl halides is 2. The second kappa shape index (κ2) is 7.50. The van der Waals surface area contributed by atoms with Gasteiger partial charge in [-0.2, -0.15) is 0 Å². The van der Waals surface area contributed by atoms with E-state index in [0.29, 0.717) is 11.3 Å². The van der Waals surface area contributed by atoms with Crippen LogP contribution in [0, 0.1) is 0 Å². The summed E-state index contributed by atoms with van der Waals surface area (Å²) in [6.07, 6.45) is 0.245. The molecule has 2 heterocycles. The van der Waals surface area contributed by atoms with Crippen molar-refractivity contribution in [3.63, 3.8) is 0 Å². The fourth-order valence-corrected chi connectivity index (χ4v) is 3.69. The zero-order valence-electron chi connectivity index (χ0n) is 16.5. The van der Waals surface area contributed by atoms with E-state index in [2.05, 4.69) is 0 Å². The van der Waals surface area contributed by atoms with Crippen LogP contribution >= 0.6 is 0 Å². The first-order valence-corrected chi connectivity index (χ1v) is 9.78. The van der Waals surface area contributed by atoms with E-state index in [-0.39, 0.29) is 31.8 Å². The number of halogens is 2. The lowest BCUT2D eigenvalue weighted by Crippen LogP contribution is -2.42. The van der Waals surface area contributed by atoms with Gasteiger partial charge in [0.25, 0.3) is 11.8 Å². The molecule has 0 aliphatic carbocycles. The first kappa shape index (κ1) is 19.4. The highest BCUT2D eigenvalue weighted by Gasteiger charge is 2.35. The predicted octanol–water partition coefficient (Wildman–Crippen LogP) is 5.54. The predicted molar refractivity (Wildman–Crippen MR) is 108 cm³/mol. The normalized spacial score (nSPS) is 16.2. The lowest BCUT2D eigenvalue weighted by atomic mass is 10.0. The van der Waals surface area contributed by atoms with E-state index in [0.717, 1.165) is 34.3 Å². The van der Waals surface area contributed by atoms with E-state index < -0.39 is 5.92 Å². The van der Waals surface area contributed by atoms with Crippen molar-refractivity contribution >= 4 is 16.9 Å². The number of carbonyl (C=O) groups is 1. The van der Waals surface area contributed by atoms with Gasteiger partial charge >= 0.3 is 0 Å². The molecule has 1 aliphatic heterocycles. The number of piperidine rings is 1. The van der Waals surface area contributed by atoms with Gasteiger partial charge in [0, 0.05) is 43.3 Å². The van der Waals surface area contributed by atoms with Gasteiger partial charge in [-0.05, 0) is 41.5 Å². The molecular formula is C23H23F2NO3. The summed E-state index contributed by atoms with van der Waals surface area (Å²) in [5.74, 6) is -1.32. The van der Waals surface area contributed by atoms with Gasteiger partial charge in [0.2, 0.25) is 0 Å². The van der Waals surface area contributed by atoms with Crippen molar-refractivity contribution < 1.29 is 22.7 Å². The topological polar surface area (TPSA) is 42.7 Å². The summed E-state index contributed by atoms with van der Waals surface area (Å²) in [6, 6.07) is 13.2. The molecule has 152 valence electrons. The van der Waals surface area contributed by atoms with Crippen LogP contribution in [0.2, 0.25) is 0 Å². The van der Waals surface area contributed by atoms with Gasteiger partial charge in [0.15, 0.2) is 11.3 Å². The summed E-state index contributed by atoms with van der Waals surface area (Å²) < 4.78 is 38.0. The molecule has 6 heteroatoms. The average Bonchev–Trinajstić information content (AvgIpc) is 3.16. The monoisotopic (exact) mass is 399 g/mol. The number of carbonyl (C=O) groups excluding carboxylic acids is 1. The Morgan fingerprint density at radius 1 is 1.10 bits per heavy atom. The summed E-state index contributed by atoms with van der Waals surface area (Å²) >= 11 is 0. The average molecular weight is 399 g/mol. The number of fused-ring (bicyclic) bond motifs is 1. The zero-order chi connectivity index (χ0) is 20.6. The quantitative estimate of drug-likeness (QED) is 0.578. The molecule has 2 aromatic carbocycles. The van der Waals surface area contributed by atoms with Gasteiger partial charge in [0.1, 0.15) is 5.76 Å². The molecule has 1 saturated heterocycles.